The minimum atomic E-state index is -0.366. The molecule has 1 nitrogen and oxygen atoms in total. The molecule has 0 aliphatic carbocycles. The molecule has 0 aliphatic heterocycles. The summed E-state index contributed by atoms with van der Waals surface area (Å²) in [5.74, 6) is -0.356. The summed E-state index contributed by atoms with van der Waals surface area (Å²) < 4.78 is 12.4. The van der Waals surface area contributed by atoms with Crippen molar-refractivity contribution in [2.45, 2.75) is 34.6 Å². The molecule has 1 aromatic rings. The first-order valence-electron chi connectivity index (χ1n) is 4.66. The number of halogens is 1. The molecular formula is C11H19FO. The second kappa shape index (κ2) is 9.04. The van der Waals surface area contributed by atoms with Gasteiger partial charge in [-0.2, -0.15) is 0 Å². The van der Waals surface area contributed by atoms with Crippen LogP contribution in [0.4, 0.5) is 4.39 Å². The van der Waals surface area contributed by atoms with Crippen LogP contribution in [-0.2, 0) is 0 Å². The summed E-state index contributed by atoms with van der Waals surface area (Å²) in [5.41, 5.74) is 0.303. The van der Waals surface area contributed by atoms with Crippen LogP contribution in [0.3, 0.4) is 0 Å². The molecule has 2 heteroatoms. The lowest BCUT2D eigenvalue weighted by molar-refractivity contribution is 0.463. The van der Waals surface area contributed by atoms with Crippen LogP contribution >= 0.6 is 0 Å². The quantitative estimate of drug-likeness (QED) is 0.651. The fourth-order valence-electron chi connectivity index (χ4n) is 0.596. The van der Waals surface area contributed by atoms with E-state index < -0.39 is 0 Å². The Hall–Kier alpha value is -1.05. The van der Waals surface area contributed by atoms with E-state index in [0.29, 0.717) is 5.56 Å². The van der Waals surface area contributed by atoms with Crippen LogP contribution in [-0.4, -0.2) is 5.11 Å². The molecule has 0 spiro atoms. The number of benzene rings is 1. The Balaban J connectivity index is 0. The number of hydrogen-bond donors (Lipinski definition) is 1. The van der Waals surface area contributed by atoms with Gasteiger partial charge in [0.05, 0.1) is 0 Å². The molecule has 0 atom stereocenters. The highest BCUT2D eigenvalue weighted by Crippen LogP contribution is 2.16. The van der Waals surface area contributed by atoms with Crippen LogP contribution < -0.4 is 0 Å². The Morgan fingerprint density at radius 1 is 1.08 bits per heavy atom. The van der Waals surface area contributed by atoms with Crippen molar-refractivity contribution in [1.82, 2.24) is 0 Å². The third-order valence-electron chi connectivity index (χ3n) is 1.24. The molecule has 0 heterocycles. The van der Waals surface area contributed by atoms with Crippen LogP contribution in [0.15, 0.2) is 18.2 Å². The molecule has 0 fully saturated rings. The number of phenols is 1. The largest absolute Gasteiger partial charge is 0.508 e. The second-order valence-corrected chi connectivity index (χ2v) is 1.88. The number of aromatic hydroxyl groups is 1. The molecule has 0 aliphatic rings. The summed E-state index contributed by atoms with van der Waals surface area (Å²) in [6, 6.07) is 4.24. The monoisotopic (exact) mass is 186 g/mol. The average Bonchev–Trinajstić information content (AvgIpc) is 2.20. The predicted molar refractivity (Wildman–Crippen MR) is 55.5 cm³/mol. The minimum Gasteiger partial charge on any atom is -0.508 e. The highest BCUT2D eigenvalue weighted by molar-refractivity contribution is 5.31. The smallest absolute Gasteiger partial charge is 0.129 e. The first-order valence-corrected chi connectivity index (χ1v) is 4.66. The highest BCUT2D eigenvalue weighted by atomic mass is 19.1. The molecule has 1 aromatic carbocycles. The molecule has 0 radical (unpaired) electrons. The number of hydrogen-bond acceptors (Lipinski definition) is 1. The normalized spacial score (nSPS) is 7.54. The molecule has 0 unspecified atom stereocenters. The van der Waals surface area contributed by atoms with Crippen LogP contribution in [0, 0.1) is 12.7 Å². The van der Waals surface area contributed by atoms with E-state index in [1.165, 1.54) is 25.1 Å². The first kappa shape index (κ1) is 14.5. The number of phenolic OH excluding ortho intramolecular Hbond substituents is 1. The summed E-state index contributed by atoms with van der Waals surface area (Å²) in [5, 5.41) is 8.86. The molecular weight excluding hydrogens is 167 g/mol. The Kier molecular flexibility index (Phi) is 10.1. The molecule has 0 saturated carbocycles. The van der Waals surface area contributed by atoms with Crippen molar-refractivity contribution in [2.75, 3.05) is 0 Å². The SMILES string of the molecule is CC.CC.Cc1c(O)cccc1F. The number of rotatable bonds is 0. The topological polar surface area (TPSA) is 20.2 Å². The maximum atomic E-state index is 12.4. The van der Waals surface area contributed by atoms with E-state index in [1.54, 1.807) is 0 Å². The van der Waals surface area contributed by atoms with Gasteiger partial charge in [-0.3, -0.25) is 0 Å². The van der Waals surface area contributed by atoms with Gasteiger partial charge in [-0.1, -0.05) is 33.8 Å². The Bertz CT molecular complexity index is 201. The Morgan fingerprint density at radius 3 is 1.85 bits per heavy atom. The van der Waals surface area contributed by atoms with Crippen molar-refractivity contribution in [3.63, 3.8) is 0 Å². The van der Waals surface area contributed by atoms with E-state index in [4.69, 9.17) is 5.11 Å². The lowest BCUT2D eigenvalue weighted by Gasteiger charge is -1.96. The molecule has 1 rings (SSSR count). The highest BCUT2D eigenvalue weighted by Gasteiger charge is 1.98. The van der Waals surface area contributed by atoms with Gasteiger partial charge in [0.25, 0.3) is 0 Å². The van der Waals surface area contributed by atoms with Crippen molar-refractivity contribution >= 4 is 0 Å². The van der Waals surface area contributed by atoms with Crippen molar-refractivity contribution in [2.24, 2.45) is 0 Å². The van der Waals surface area contributed by atoms with Gasteiger partial charge in [0, 0.05) is 5.56 Å². The minimum absolute atomic E-state index is 0.00926. The van der Waals surface area contributed by atoms with Gasteiger partial charge in [0.1, 0.15) is 11.6 Å². The second-order valence-electron chi connectivity index (χ2n) is 1.88. The molecule has 0 aromatic heterocycles. The van der Waals surface area contributed by atoms with E-state index in [2.05, 4.69) is 0 Å². The van der Waals surface area contributed by atoms with E-state index in [9.17, 15) is 4.39 Å². The van der Waals surface area contributed by atoms with Crippen molar-refractivity contribution in [1.29, 1.82) is 0 Å². The van der Waals surface area contributed by atoms with Gasteiger partial charge < -0.3 is 5.11 Å². The Morgan fingerprint density at radius 2 is 1.54 bits per heavy atom. The fourth-order valence-corrected chi connectivity index (χ4v) is 0.596. The van der Waals surface area contributed by atoms with E-state index in [1.807, 2.05) is 27.7 Å². The van der Waals surface area contributed by atoms with Crippen molar-refractivity contribution < 1.29 is 9.50 Å². The Labute approximate surface area is 80.2 Å². The van der Waals surface area contributed by atoms with E-state index >= 15 is 0 Å². The third kappa shape index (κ3) is 5.23. The summed E-state index contributed by atoms with van der Waals surface area (Å²) in [4.78, 5) is 0. The van der Waals surface area contributed by atoms with Gasteiger partial charge in [-0.15, -0.1) is 0 Å². The van der Waals surface area contributed by atoms with E-state index in [-0.39, 0.29) is 11.6 Å². The third-order valence-corrected chi connectivity index (χ3v) is 1.24. The molecule has 76 valence electrons. The first-order chi connectivity index (χ1) is 6.22. The molecule has 1 N–H and O–H groups in total. The molecule has 0 amide bonds. The van der Waals surface area contributed by atoms with Crippen molar-refractivity contribution in [3.8, 4) is 5.75 Å². The lowest BCUT2D eigenvalue weighted by Crippen LogP contribution is -1.79. The zero-order valence-electron chi connectivity index (χ0n) is 9.06. The summed E-state index contributed by atoms with van der Waals surface area (Å²) in [7, 11) is 0. The summed E-state index contributed by atoms with van der Waals surface area (Å²) in [6.07, 6.45) is 0. The maximum absolute atomic E-state index is 12.4. The van der Waals surface area contributed by atoms with Gasteiger partial charge >= 0.3 is 0 Å². The predicted octanol–water partition coefficient (Wildman–Crippen LogP) is 3.89. The van der Waals surface area contributed by atoms with Crippen molar-refractivity contribution in [3.05, 3.63) is 29.6 Å². The van der Waals surface area contributed by atoms with Crippen LogP contribution in [0.25, 0.3) is 0 Å². The van der Waals surface area contributed by atoms with Crippen LogP contribution in [0.1, 0.15) is 33.3 Å². The van der Waals surface area contributed by atoms with Gasteiger partial charge in [0.2, 0.25) is 0 Å². The average molecular weight is 186 g/mol. The summed E-state index contributed by atoms with van der Waals surface area (Å²) >= 11 is 0. The van der Waals surface area contributed by atoms with Gasteiger partial charge in [-0.05, 0) is 19.1 Å². The molecule has 0 bridgehead atoms. The summed E-state index contributed by atoms with van der Waals surface area (Å²) in [6.45, 7) is 9.53. The van der Waals surface area contributed by atoms with Gasteiger partial charge in [0.15, 0.2) is 0 Å². The zero-order valence-corrected chi connectivity index (χ0v) is 9.06. The lowest BCUT2D eigenvalue weighted by atomic mass is 10.2. The molecule has 13 heavy (non-hydrogen) atoms. The zero-order chi connectivity index (χ0) is 10.9. The standard InChI is InChI=1S/C7H7FO.2C2H6/c1-5-6(8)3-2-4-7(5)9;2*1-2/h2-4,9H,1H3;2*1-2H3. The van der Waals surface area contributed by atoms with Crippen LogP contribution in [0.2, 0.25) is 0 Å². The fraction of sp³-hybridized carbons (Fsp3) is 0.455. The van der Waals surface area contributed by atoms with Crippen LogP contribution in [0.5, 0.6) is 5.75 Å². The van der Waals surface area contributed by atoms with Gasteiger partial charge in [-0.25, -0.2) is 4.39 Å². The molecule has 0 saturated heterocycles. The van der Waals surface area contributed by atoms with E-state index in [0.717, 1.165) is 0 Å². The maximum Gasteiger partial charge on any atom is 0.129 e.